The van der Waals surface area contributed by atoms with Crippen LogP contribution in [0.4, 0.5) is 0 Å². The minimum absolute atomic E-state index is 0.795. The van der Waals surface area contributed by atoms with Crippen LogP contribution in [0.5, 0.6) is 0 Å². The predicted octanol–water partition coefficient (Wildman–Crippen LogP) is 3.72. The number of benzene rings is 1. The highest BCUT2D eigenvalue weighted by Crippen LogP contribution is 2.25. The van der Waals surface area contributed by atoms with Crippen molar-refractivity contribution in [1.29, 1.82) is 0 Å². The summed E-state index contributed by atoms with van der Waals surface area (Å²) >= 11 is 0. The van der Waals surface area contributed by atoms with Gasteiger partial charge in [-0.1, -0.05) is 18.2 Å². The molecule has 1 saturated heterocycles. The van der Waals surface area contributed by atoms with Gasteiger partial charge < -0.3 is 9.72 Å². The third-order valence-corrected chi connectivity index (χ3v) is 4.78. The molecular formula is C18H26N2O. The maximum absolute atomic E-state index is 5.23. The van der Waals surface area contributed by atoms with Crippen molar-refractivity contribution in [3.63, 3.8) is 0 Å². The number of hydrogen-bond acceptors (Lipinski definition) is 2. The Morgan fingerprint density at radius 1 is 1.33 bits per heavy atom. The number of nitrogens with one attached hydrogen (secondary N) is 1. The molecule has 3 heteroatoms. The molecule has 0 bridgehead atoms. The zero-order valence-corrected chi connectivity index (χ0v) is 13.2. The molecule has 3 nitrogen and oxygen atoms in total. The molecule has 1 unspecified atom stereocenters. The molecule has 0 radical (unpaired) electrons. The average molecular weight is 286 g/mol. The smallest absolute Gasteiger partial charge is 0.0465 e. The van der Waals surface area contributed by atoms with Crippen LogP contribution in [-0.2, 0) is 11.3 Å². The van der Waals surface area contributed by atoms with Crippen molar-refractivity contribution in [1.82, 2.24) is 9.88 Å². The van der Waals surface area contributed by atoms with Crippen LogP contribution in [0.2, 0.25) is 0 Å². The quantitative estimate of drug-likeness (QED) is 0.907. The van der Waals surface area contributed by atoms with Gasteiger partial charge in [-0.05, 0) is 50.3 Å². The third-order valence-electron chi connectivity index (χ3n) is 4.78. The number of rotatable bonds is 5. The standard InChI is InChI=1S/C18H26N2O/c1-14-16-7-3-4-8-17(16)19-18(14)13-20-10-5-6-15(12-20)9-11-21-2/h3-4,7-8,15,19H,5-6,9-13H2,1-2H3. The van der Waals surface area contributed by atoms with Gasteiger partial charge >= 0.3 is 0 Å². The summed E-state index contributed by atoms with van der Waals surface area (Å²) in [6.45, 7) is 6.60. The second-order valence-corrected chi connectivity index (χ2v) is 6.30. The van der Waals surface area contributed by atoms with Crippen LogP contribution in [0.3, 0.4) is 0 Å². The van der Waals surface area contributed by atoms with E-state index in [-0.39, 0.29) is 0 Å². The number of likely N-dealkylation sites (tertiary alicyclic amines) is 1. The number of piperidine rings is 1. The van der Waals surface area contributed by atoms with Crippen molar-refractivity contribution in [2.24, 2.45) is 5.92 Å². The fourth-order valence-electron chi connectivity index (χ4n) is 3.53. The fraction of sp³-hybridized carbons (Fsp3) is 0.556. The van der Waals surface area contributed by atoms with E-state index in [9.17, 15) is 0 Å². The van der Waals surface area contributed by atoms with E-state index in [0.717, 1.165) is 19.1 Å². The van der Waals surface area contributed by atoms with Crippen LogP contribution in [0, 0.1) is 12.8 Å². The molecular weight excluding hydrogens is 260 g/mol. The molecule has 1 N–H and O–H groups in total. The maximum Gasteiger partial charge on any atom is 0.0465 e. The number of methoxy groups -OCH3 is 1. The van der Waals surface area contributed by atoms with Gasteiger partial charge in [0, 0.05) is 43.4 Å². The van der Waals surface area contributed by atoms with E-state index >= 15 is 0 Å². The minimum atomic E-state index is 0.795. The zero-order chi connectivity index (χ0) is 14.7. The highest BCUT2D eigenvalue weighted by Gasteiger charge is 2.21. The van der Waals surface area contributed by atoms with E-state index in [1.54, 1.807) is 7.11 Å². The first-order chi connectivity index (χ1) is 10.3. The molecule has 0 amide bonds. The van der Waals surface area contributed by atoms with Crippen molar-refractivity contribution in [3.05, 3.63) is 35.5 Å². The first-order valence-electron chi connectivity index (χ1n) is 8.05. The van der Waals surface area contributed by atoms with Gasteiger partial charge in [0.25, 0.3) is 0 Å². The van der Waals surface area contributed by atoms with E-state index in [4.69, 9.17) is 4.74 Å². The van der Waals surface area contributed by atoms with Crippen LogP contribution in [0.25, 0.3) is 10.9 Å². The molecule has 0 saturated carbocycles. The predicted molar refractivity (Wildman–Crippen MR) is 87.5 cm³/mol. The zero-order valence-electron chi connectivity index (χ0n) is 13.2. The molecule has 1 aromatic heterocycles. The van der Waals surface area contributed by atoms with Gasteiger partial charge in [0.1, 0.15) is 0 Å². The third kappa shape index (κ3) is 3.30. The summed E-state index contributed by atoms with van der Waals surface area (Å²) in [5, 5.41) is 1.36. The molecule has 1 aromatic carbocycles. The molecule has 2 aromatic rings. The summed E-state index contributed by atoms with van der Waals surface area (Å²) in [4.78, 5) is 6.20. The Morgan fingerprint density at radius 2 is 2.19 bits per heavy atom. The Kier molecular flexibility index (Phi) is 4.61. The second-order valence-electron chi connectivity index (χ2n) is 6.30. The number of fused-ring (bicyclic) bond motifs is 1. The lowest BCUT2D eigenvalue weighted by Crippen LogP contribution is -2.35. The Labute approximate surface area is 127 Å². The van der Waals surface area contributed by atoms with Gasteiger partial charge in [-0.15, -0.1) is 0 Å². The van der Waals surface area contributed by atoms with Crippen LogP contribution < -0.4 is 0 Å². The lowest BCUT2D eigenvalue weighted by Gasteiger charge is -2.32. The van der Waals surface area contributed by atoms with Crippen LogP contribution in [-0.4, -0.2) is 36.7 Å². The van der Waals surface area contributed by atoms with Crippen molar-refractivity contribution in [2.45, 2.75) is 32.7 Å². The Hall–Kier alpha value is -1.32. The molecule has 1 atom stereocenters. The number of aromatic amines is 1. The topological polar surface area (TPSA) is 28.3 Å². The molecule has 21 heavy (non-hydrogen) atoms. The van der Waals surface area contributed by atoms with Crippen molar-refractivity contribution < 1.29 is 4.74 Å². The van der Waals surface area contributed by atoms with Crippen LogP contribution >= 0.6 is 0 Å². The molecule has 1 aliphatic rings. The SMILES string of the molecule is COCCC1CCCN(Cc2[nH]c3ccccc3c2C)C1. The molecule has 1 aliphatic heterocycles. The van der Waals surface area contributed by atoms with Crippen LogP contribution in [0.15, 0.2) is 24.3 Å². The molecule has 3 rings (SSSR count). The summed E-state index contributed by atoms with van der Waals surface area (Å²) in [6, 6.07) is 8.60. The number of nitrogens with zero attached hydrogens (tertiary/aromatic N) is 1. The molecule has 114 valence electrons. The summed E-state index contributed by atoms with van der Waals surface area (Å²) in [7, 11) is 1.80. The number of para-hydroxylation sites is 1. The largest absolute Gasteiger partial charge is 0.385 e. The monoisotopic (exact) mass is 286 g/mol. The van der Waals surface area contributed by atoms with E-state index < -0.39 is 0 Å². The second kappa shape index (κ2) is 6.63. The van der Waals surface area contributed by atoms with Gasteiger partial charge in [0.05, 0.1) is 0 Å². The van der Waals surface area contributed by atoms with Gasteiger partial charge in [0.2, 0.25) is 0 Å². The average Bonchev–Trinajstić information content (AvgIpc) is 2.82. The highest BCUT2D eigenvalue weighted by atomic mass is 16.5. The first-order valence-corrected chi connectivity index (χ1v) is 8.05. The van der Waals surface area contributed by atoms with Gasteiger partial charge in [-0.3, -0.25) is 4.90 Å². The van der Waals surface area contributed by atoms with E-state index in [1.807, 2.05) is 0 Å². The number of hydrogen-bond donors (Lipinski definition) is 1. The van der Waals surface area contributed by atoms with E-state index in [1.165, 1.54) is 54.5 Å². The summed E-state index contributed by atoms with van der Waals surface area (Å²) in [6.07, 6.45) is 3.86. The lowest BCUT2D eigenvalue weighted by molar-refractivity contribution is 0.122. The number of aromatic nitrogens is 1. The van der Waals surface area contributed by atoms with Crippen molar-refractivity contribution >= 4 is 10.9 Å². The number of aryl methyl sites for hydroxylation is 1. The molecule has 1 fully saturated rings. The van der Waals surface area contributed by atoms with Crippen LogP contribution in [0.1, 0.15) is 30.5 Å². The lowest BCUT2D eigenvalue weighted by atomic mass is 9.95. The minimum Gasteiger partial charge on any atom is -0.385 e. The normalized spacial score (nSPS) is 20.2. The number of H-pyrrole nitrogens is 1. The van der Waals surface area contributed by atoms with Crippen molar-refractivity contribution in [3.8, 4) is 0 Å². The Balaban J connectivity index is 1.68. The fourth-order valence-corrected chi connectivity index (χ4v) is 3.53. The Bertz CT molecular complexity index is 590. The van der Waals surface area contributed by atoms with E-state index in [2.05, 4.69) is 41.1 Å². The summed E-state index contributed by atoms with van der Waals surface area (Å²) < 4.78 is 5.23. The van der Waals surface area contributed by atoms with E-state index in [0.29, 0.717) is 0 Å². The summed E-state index contributed by atoms with van der Waals surface area (Å²) in [5.41, 5.74) is 4.05. The van der Waals surface area contributed by atoms with Gasteiger partial charge in [0.15, 0.2) is 0 Å². The maximum atomic E-state index is 5.23. The number of ether oxygens (including phenoxy) is 1. The highest BCUT2D eigenvalue weighted by molar-refractivity contribution is 5.84. The van der Waals surface area contributed by atoms with Crippen molar-refractivity contribution in [2.75, 3.05) is 26.8 Å². The molecule has 2 heterocycles. The molecule has 0 aliphatic carbocycles. The Morgan fingerprint density at radius 3 is 3.00 bits per heavy atom. The summed E-state index contributed by atoms with van der Waals surface area (Å²) in [5.74, 6) is 0.795. The first kappa shape index (κ1) is 14.6. The molecule has 0 spiro atoms. The van der Waals surface area contributed by atoms with Gasteiger partial charge in [-0.25, -0.2) is 0 Å². The van der Waals surface area contributed by atoms with Gasteiger partial charge in [-0.2, -0.15) is 0 Å².